The average molecular weight is 355 g/mol. The van der Waals surface area contributed by atoms with Gasteiger partial charge in [0.15, 0.2) is 0 Å². The Bertz CT molecular complexity index is 890. The second-order valence-electron chi connectivity index (χ2n) is 7.48. The standard InChI is InChI=1S/C20H22FN3O2/c1-4-17(25)24-8-12-7-23(9-16(12)24)19-15(21)6-14(20(22)26)13-5-10(2)11(3)18(13)19/h4,6,12,16H,1,5,7-9H2,2-3H3,(H2,22,26). The minimum absolute atomic E-state index is 0.0743. The summed E-state index contributed by atoms with van der Waals surface area (Å²) in [6.07, 6.45) is 1.95. The summed E-state index contributed by atoms with van der Waals surface area (Å²) in [6, 6.07) is 1.37. The highest BCUT2D eigenvalue weighted by Crippen LogP contribution is 2.45. The van der Waals surface area contributed by atoms with E-state index in [1.165, 1.54) is 12.1 Å². The highest BCUT2D eigenvalue weighted by atomic mass is 19.1. The largest absolute Gasteiger partial charge is 0.366 e. The third-order valence-electron chi connectivity index (χ3n) is 6.10. The molecule has 6 heteroatoms. The van der Waals surface area contributed by atoms with E-state index in [4.69, 9.17) is 5.73 Å². The van der Waals surface area contributed by atoms with E-state index in [0.29, 0.717) is 37.7 Å². The van der Waals surface area contributed by atoms with Crippen LogP contribution in [-0.2, 0) is 11.2 Å². The van der Waals surface area contributed by atoms with Crippen molar-refractivity contribution in [1.82, 2.24) is 4.90 Å². The zero-order chi connectivity index (χ0) is 18.7. The number of nitrogens with two attached hydrogens (primary N) is 1. The maximum absolute atomic E-state index is 15.0. The summed E-state index contributed by atoms with van der Waals surface area (Å²) < 4.78 is 15.0. The van der Waals surface area contributed by atoms with E-state index in [9.17, 15) is 9.59 Å². The van der Waals surface area contributed by atoms with Gasteiger partial charge < -0.3 is 15.5 Å². The van der Waals surface area contributed by atoms with Crippen LogP contribution in [0.1, 0.15) is 35.3 Å². The molecule has 0 aromatic heterocycles. The van der Waals surface area contributed by atoms with Gasteiger partial charge in [0.05, 0.1) is 11.7 Å². The zero-order valence-electron chi connectivity index (χ0n) is 15.0. The second-order valence-corrected chi connectivity index (χ2v) is 7.48. The van der Waals surface area contributed by atoms with Crippen LogP contribution in [-0.4, -0.2) is 42.4 Å². The van der Waals surface area contributed by atoms with Crippen molar-refractivity contribution in [3.05, 3.63) is 46.8 Å². The van der Waals surface area contributed by atoms with Crippen LogP contribution in [0.3, 0.4) is 0 Å². The SMILES string of the molecule is C=CC(=O)N1CC2CN(c3c(F)cc(C(N)=O)c4c3C(C)=C(C)C4)CC21. The maximum Gasteiger partial charge on any atom is 0.249 e. The van der Waals surface area contributed by atoms with Crippen LogP contribution >= 0.6 is 0 Å². The van der Waals surface area contributed by atoms with E-state index >= 15 is 4.39 Å². The van der Waals surface area contributed by atoms with Gasteiger partial charge in [0.25, 0.3) is 0 Å². The lowest BCUT2D eigenvalue weighted by molar-refractivity contribution is -0.135. The summed E-state index contributed by atoms with van der Waals surface area (Å²) in [7, 11) is 0. The van der Waals surface area contributed by atoms with Gasteiger partial charge in [0.2, 0.25) is 11.8 Å². The molecular formula is C20H22FN3O2. The molecule has 136 valence electrons. The third kappa shape index (κ3) is 2.21. The number of primary amides is 1. The molecule has 2 saturated heterocycles. The number of allylic oxidation sites excluding steroid dienone is 2. The van der Waals surface area contributed by atoms with Crippen LogP contribution < -0.4 is 10.6 Å². The molecule has 1 aromatic carbocycles. The number of fused-ring (bicyclic) bond motifs is 2. The minimum Gasteiger partial charge on any atom is -0.366 e. The lowest BCUT2D eigenvalue weighted by atomic mass is 9.92. The first-order valence-electron chi connectivity index (χ1n) is 8.83. The number of benzene rings is 1. The summed E-state index contributed by atoms with van der Waals surface area (Å²) >= 11 is 0. The van der Waals surface area contributed by atoms with Crippen molar-refractivity contribution >= 4 is 23.1 Å². The molecule has 2 atom stereocenters. The molecule has 0 spiro atoms. The number of hydrogen-bond donors (Lipinski definition) is 1. The Morgan fingerprint density at radius 2 is 2.04 bits per heavy atom. The fourth-order valence-corrected chi connectivity index (χ4v) is 4.60. The predicted molar refractivity (Wildman–Crippen MR) is 98.3 cm³/mol. The van der Waals surface area contributed by atoms with Gasteiger partial charge in [-0.3, -0.25) is 9.59 Å². The first-order chi connectivity index (χ1) is 12.3. The fraction of sp³-hybridized carbons (Fsp3) is 0.400. The molecule has 26 heavy (non-hydrogen) atoms. The van der Waals surface area contributed by atoms with Crippen molar-refractivity contribution in [2.75, 3.05) is 24.5 Å². The van der Waals surface area contributed by atoms with Gasteiger partial charge in [0.1, 0.15) is 5.82 Å². The third-order valence-corrected chi connectivity index (χ3v) is 6.10. The van der Waals surface area contributed by atoms with Crippen molar-refractivity contribution in [3.63, 3.8) is 0 Å². The Hall–Kier alpha value is -2.63. The van der Waals surface area contributed by atoms with E-state index in [2.05, 4.69) is 6.58 Å². The summed E-state index contributed by atoms with van der Waals surface area (Å²) in [5, 5.41) is 0. The van der Waals surface area contributed by atoms with Gasteiger partial charge in [0, 0.05) is 36.7 Å². The molecule has 0 saturated carbocycles. The van der Waals surface area contributed by atoms with Crippen molar-refractivity contribution in [2.45, 2.75) is 26.3 Å². The first kappa shape index (κ1) is 16.8. The Morgan fingerprint density at radius 1 is 1.31 bits per heavy atom. The minimum atomic E-state index is -0.599. The van der Waals surface area contributed by atoms with Crippen LogP contribution in [0, 0.1) is 11.7 Å². The highest BCUT2D eigenvalue weighted by Gasteiger charge is 2.48. The van der Waals surface area contributed by atoms with Crippen LogP contribution in [0.15, 0.2) is 24.3 Å². The van der Waals surface area contributed by atoms with Gasteiger partial charge in [-0.15, -0.1) is 0 Å². The number of likely N-dealkylation sites (tertiary alicyclic amines) is 1. The Kier molecular flexibility index (Phi) is 3.68. The Balaban J connectivity index is 1.75. The number of rotatable bonds is 3. The summed E-state index contributed by atoms with van der Waals surface area (Å²) in [6.45, 7) is 9.49. The number of amides is 2. The normalized spacial score (nSPS) is 23.7. The molecule has 2 aliphatic heterocycles. The molecule has 2 fully saturated rings. The smallest absolute Gasteiger partial charge is 0.249 e. The number of halogens is 1. The fourth-order valence-electron chi connectivity index (χ4n) is 4.60. The molecule has 0 bridgehead atoms. The molecule has 1 aromatic rings. The Morgan fingerprint density at radius 3 is 2.69 bits per heavy atom. The van der Waals surface area contributed by atoms with Crippen molar-refractivity contribution in [1.29, 1.82) is 0 Å². The van der Waals surface area contributed by atoms with Crippen LogP contribution in [0.4, 0.5) is 10.1 Å². The number of anilines is 1. The highest BCUT2D eigenvalue weighted by molar-refractivity contribution is 5.99. The lowest BCUT2D eigenvalue weighted by Crippen LogP contribution is -2.57. The van der Waals surface area contributed by atoms with Crippen molar-refractivity contribution in [2.24, 2.45) is 11.7 Å². The van der Waals surface area contributed by atoms with Gasteiger partial charge in [-0.05, 0) is 43.5 Å². The molecule has 2 unspecified atom stereocenters. The molecule has 3 aliphatic rings. The first-order valence-corrected chi connectivity index (χ1v) is 8.83. The Labute approximate surface area is 151 Å². The predicted octanol–water partition coefficient (Wildman–Crippen LogP) is 2.11. The van der Waals surface area contributed by atoms with Crippen LogP contribution in [0.25, 0.3) is 5.57 Å². The number of hydrogen-bond acceptors (Lipinski definition) is 3. The maximum atomic E-state index is 15.0. The van der Waals surface area contributed by atoms with E-state index in [1.807, 2.05) is 18.7 Å². The topological polar surface area (TPSA) is 66.6 Å². The van der Waals surface area contributed by atoms with Crippen LogP contribution in [0.2, 0.25) is 0 Å². The molecular weight excluding hydrogens is 333 g/mol. The van der Waals surface area contributed by atoms with Crippen molar-refractivity contribution < 1.29 is 14.0 Å². The molecule has 5 nitrogen and oxygen atoms in total. The van der Waals surface area contributed by atoms with Crippen molar-refractivity contribution in [3.8, 4) is 0 Å². The second kappa shape index (κ2) is 5.69. The molecule has 2 amide bonds. The van der Waals surface area contributed by atoms with Gasteiger partial charge in [-0.1, -0.05) is 12.2 Å². The molecule has 0 radical (unpaired) electrons. The zero-order valence-corrected chi connectivity index (χ0v) is 15.0. The van der Waals surface area contributed by atoms with E-state index in [0.717, 1.165) is 22.3 Å². The lowest BCUT2D eigenvalue weighted by Gasteiger charge is -2.42. The van der Waals surface area contributed by atoms with E-state index < -0.39 is 11.7 Å². The molecule has 2 heterocycles. The summed E-state index contributed by atoms with van der Waals surface area (Å²) in [4.78, 5) is 27.5. The van der Waals surface area contributed by atoms with E-state index in [1.54, 1.807) is 4.90 Å². The van der Waals surface area contributed by atoms with Gasteiger partial charge in [-0.2, -0.15) is 0 Å². The number of nitrogens with zero attached hydrogens (tertiary/aromatic N) is 2. The van der Waals surface area contributed by atoms with E-state index in [-0.39, 0.29) is 17.5 Å². The van der Waals surface area contributed by atoms with Crippen LogP contribution in [0.5, 0.6) is 0 Å². The van der Waals surface area contributed by atoms with Gasteiger partial charge in [-0.25, -0.2) is 4.39 Å². The van der Waals surface area contributed by atoms with Gasteiger partial charge >= 0.3 is 0 Å². The number of carbonyl (C=O) groups is 2. The summed E-state index contributed by atoms with van der Waals surface area (Å²) in [5.74, 6) is -0.751. The molecule has 1 aliphatic carbocycles. The molecule has 4 rings (SSSR count). The average Bonchev–Trinajstić information content (AvgIpc) is 3.05. The summed E-state index contributed by atoms with van der Waals surface area (Å²) in [5.41, 5.74) is 10.0. The number of carbonyl (C=O) groups excluding carboxylic acids is 2. The molecule has 2 N–H and O–H groups in total. The quantitative estimate of drug-likeness (QED) is 0.845. The monoisotopic (exact) mass is 355 g/mol.